The average molecular weight is 261 g/mol. The summed E-state index contributed by atoms with van der Waals surface area (Å²) in [5, 5.41) is 10.3. The lowest BCUT2D eigenvalue weighted by Crippen LogP contribution is -2.46. The molecule has 0 aromatic carbocycles. The number of rotatable bonds is 5. The van der Waals surface area contributed by atoms with Crippen molar-refractivity contribution in [3.8, 4) is 0 Å². The van der Waals surface area contributed by atoms with E-state index in [1.165, 1.54) is 0 Å². The molecule has 2 atom stereocenters. The van der Waals surface area contributed by atoms with Crippen molar-refractivity contribution in [2.45, 2.75) is 51.0 Å². The maximum absolute atomic E-state index is 11.7. The molecule has 0 heterocycles. The van der Waals surface area contributed by atoms with E-state index >= 15 is 0 Å². The van der Waals surface area contributed by atoms with Gasteiger partial charge in [0, 0.05) is 6.54 Å². The van der Waals surface area contributed by atoms with Crippen LogP contribution in [-0.2, 0) is 10.0 Å². The predicted molar refractivity (Wildman–Crippen MR) is 67.1 cm³/mol. The summed E-state index contributed by atoms with van der Waals surface area (Å²) in [5.74, 6) is 1.08. The molecule has 0 aliphatic heterocycles. The van der Waals surface area contributed by atoms with Crippen LogP contribution in [0.1, 0.15) is 45.4 Å². The molecule has 2 saturated carbocycles. The Balaban J connectivity index is 1.83. The Labute approximate surface area is 104 Å². The Morgan fingerprint density at radius 1 is 1.35 bits per heavy atom. The summed E-state index contributed by atoms with van der Waals surface area (Å²) in [7, 11) is -3.18. The number of nitrogens with one attached hydrogen (secondary N) is 1. The fourth-order valence-corrected chi connectivity index (χ4v) is 4.25. The standard InChI is InChI=1S/C12H23NO3S/c1-10-3-2-6-12(14,7-10)9-13-17(15,16)8-11-4-5-11/h10-11,13-14H,2-9H2,1H3. The Morgan fingerprint density at radius 3 is 2.65 bits per heavy atom. The lowest BCUT2D eigenvalue weighted by atomic mass is 9.79. The van der Waals surface area contributed by atoms with E-state index in [2.05, 4.69) is 11.6 Å². The van der Waals surface area contributed by atoms with Gasteiger partial charge in [0.15, 0.2) is 0 Å². The highest BCUT2D eigenvalue weighted by Gasteiger charge is 2.35. The summed E-state index contributed by atoms with van der Waals surface area (Å²) < 4.78 is 26.0. The van der Waals surface area contributed by atoms with Crippen LogP contribution in [0.3, 0.4) is 0 Å². The molecule has 100 valence electrons. The molecule has 0 amide bonds. The van der Waals surface area contributed by atoms with E-state index in [4.69, 9.17) is 0 Å². The predicted octanol–water partition coefficient (Wildman–Crippen LogP) is 1.26. The lowest BCUT2D eigenvalue weighted by Gasteiger charge is -2.35. The normalized spacial score (nSPS) is 34.8. The summed E-state index contributed by atoms with van der Waals surface area (Å²) in [4.78, 5) is 0. The van der Waals surface area contributed by atoms with E-state index in [-0.39, 0.29) is 12.3 Å². The molecule has 0 saturated heterocycles. The van der Waals surface area contributed by atoms with E-state index in [1.54, 1.807) is 0 Å². The maximum Gasteiger partial charge on any atom is 0.211 e. The van der Waals surface area contributed by atoms with Gasteiger partial charge in [0.05, 0.1) is 11.4 Å². The molecule has 2 unspecified atom stereocenters. The maximum atomic E-state index is 11.7. The minimum absolute atomic E-state index is 0.187. The zero-order valence-electron chi connectivity index (χ0n) is 10.5. The van der Waals surface area contributed by atoms with Crippen molar-refractivity contribution < 1.29 is 13.5 Å². The third-order valence-electron chi connectivity index (χ3n) is 3.84. The van der Waals surface area contributed by atoms with Crippen LogP contribution in [0.4, 0.5) is 0 Å². The fourth-order valence-electron chi connectivity index (χ4n) is 2.69. The van der Waals surface area contributed by atoms with E-state index in [9.17, 15) is 13.5 Å². The molecule has 2 rings (SSSR count). The first-order valence-corrected chi connectivity index (χ1v) is 8.23. The van der Waals surface area contributed by atoms with Crippen LogP contribution in [0.15, 0.2) is 0 Å². The molecule has 0 aromatic heterocycles. The fraction of sp³-hybridized carbons (Fsp3) is 1.00. The van der Waals surface area contributed by atoms with E-state index in [0.717, 1.165) is 25.7 Å². The first-order valence-electron chi connectivity index (χ1n) is 6.58. The monoisotopic (exact) mass is 261 g/mol. The number of hydrogen-bond donors (Lipinski definition) is 2. The van der Waals surface area contributed by atoms with Gasteiger partial charge in [-0.25, -0.2) is 13.1 Å². The highest BCUT2D eigenvalue weighted by Crippen LogP contribution is 2.32. The van der Waals surface area contributed by atoms with Gasteiger partial charge in [0.2, 0.25) is 10.0 Å². The molecule has 2 fully saturated rings. The Kier molecular flexibility index (Phi) is 3.80. The van der Waals surface area contributed by atoms with Crippen LogP contribution in [0.2, 0.25) is 0 Å². The third-order valence-corrected chi connectivity index (χ3v) is 5.34. The third kappa shape index (κ3) is 4.23. The van der Waals surface area contributed by atoms with Crippen molar-refractivity contribution in [2.75, 3.05) is 12.3 Å². The topological polar surface area (TPSA) is 66.4 Å². The molecule has 2 aliphatic rings. The summed E-state index contributed by atoms with van der Waals surface area (Å²) in [6, 6.07) is 0. The van der Waals surface area contributed by atoms with Crippen LogP contribution in [0.25, 0.3) is 0 Å². The molecule has 17 heavy (non-hydrogen) atoms. The molecular weight excluding hydrogens is 238 g/mol. The first-order chi connectivity index (χ1) is 7.89. The van der Waals surface area contributed by atoms with Gasteiger partial charge in [-0.15, -0.1) is 0 Å². The van der Waals surface area contributed by atoms with Gasteiger partial charge in [0.25, 0.3) is 0 Å². The number of aliphatic hydroxyl groups is 1. The van der Waals surface area contributed by atoms with E-state index in [0.29, 0.717) is 24.7 Å². The minimum atomic E-state index is -3.18. The second-order valence-electron chi connectivity index (χ2n) is 5.97. The van der Waals surface area contributed by atoms with Gasteiger partial charge in [-0.05, 0) is 37.5 Å². The van der Waals surface area contributed by atoms with Crippen molar-refractivity contribution in [1.29, 1.82) is 0 Å². The van der Waals surface area contributed by atoms with Crippen LogP contribution in [0.5, 0.6) is 0 Å². The summed E-state index contributed by atoms with van der Waals surface area (Å²) >= 11 is 0. The SMILES string of the molecule is CC1CCCC(O)(CNS(=O)(=O)CC2CC2)C1. The Hall–Kier alpha value is -0.130. The zero-order chi connectivity index (χ0) is 12.5. The van der Waals surface area contributed by atoms with Gasteiger partial charge < -0.3 is 5.11 Å². The Morgan fingerprint density at radius 2 is 2.06 bits per heavy atom. The second kappa shape index (κ2) is 4.86. The number of sulfonamides is 1. The minimum Gasteiger partial charge on any atom is -0.389 e. The van der Waals surface area contributed by atoms with Crippen LogP contribution in [0, 0.1) is 11.8 Å². The van der Waals surface area contributed by atoms with Gasteiger partial charge in [-0.2, -0.15) is 0 Å². The van der Waals surface area contributed by atoms with Crippen LogP contribution >= 0.6 is 0 Å². The molecule has 0 aromatic rings. The number of hydrogen-bond acceptors (Lipinski definition) is 3. The second-order valence-corrected chi connectivity index (χ2v) is 7.82. The van der Waals surface area contributed by atoms with Gasteiger partial charge in [-0.3, -0.25) is 0 Å². The lowest BCUT2D eigenvalue weighted by molar-refractivity contribution is -0.00752. The molecule has 0 spiro atoms. The Bertz CT molecular complexity index is 364. The van der Waals surface area contributed by atoms with Crippen molar-refractivity contribution in [3.63, 3.8) is 0 Å². The molecule has 4 nitrogen and oxygen atoms in total. The largest absolute Gasteiger partial charge is 0.389 e. The first kappa shape index (κ1) is 13.3. The summed E-state index contributed by atoms with van der Waals surface area (Å²) in [5.41, 5.74) is -0.825. The van der Waals surface area contributed by atoms with E-state index in [1.807, 2.05) is 0 Å². The van der Waals surface area contributed by atoms with E-state index < -0.39 is 15.6 Å². The highest BCUT2D eigenvalue weighted by atomic mass is 32.2. The van der Waals surface area contributed by atoms with Crippen molar-refractivity contribution in [3.05, 3.63) is 0 Å². The highest BCUT2D eigenvalue weighted by molar-refractivity contribution is 7.89. The van der Waals surface area contributed by atoms with Crippen LogP contribution in [-0.4, -0.2) is 31.4 Å². The zero-order valence-corrected chi connectivity index (χ0v) is 11.3. The smallest absolute Gasteiger partial charge is 0.211 e. The quantitative estimate of drug-likeness (QED) is 0.783. The van der Waals surface area contributed by atoms with Gasteiger partial charge in [-0.1, -0.05) is 19.8 Å². The average Bonchev–Trinajstić information content (AvgIpc) is 2.98. The van der Waals surface area contributed by atoms with Crippen LogP contribution < -0.4 is 4.72 Å². The summed E-state index contributed by atoms with van der Waals surface area (Å²) in [6.07, 6.45) is 5.60. The molecule has 2 aliphatic carbocycles. The van der Waals surface area contributed by atoms with Crippen molar-refractivity contribution >= 4 is 10.0 Å². The van der Waals surface area contributed by atoms with Crippen molar-refractivity contribution in [2.24, 2.45) is 11.8 Å². The molecule has 5 heteroatoms. The van der Waals surface area contributed by atoms with Gasteiger partial charge >= 0.3 is 0 Å². The molecule has 0 radical (unpaired) electrons. The summed E-state index contributed by atoms with van der Waals surface area (Å²) in [6.45, 7) is 2.30. The van der Waals surface area contributed by atoms with Gasteiger partial charge in [0.1, 0.15) is 0 Å². The van der Waals surface area contributed by atoms with Crippen molar-refractivity contribution in [1.82, 2.24) is 4.72 Å². The molecular formula is C12H23NO3S. The molecule has 0 bridgehead atoms. The molecule has 2 N–H and O–H groups in total.